The molecule has 90 valence electrons. The molecular weight excluding hydrogens is 246 g/mol. The smallest absolute Gasteiger partial charge is 0.323 e. The number of carbonyl (C=O) groups is 2. The molecule has 1 aliphatic rings. The molecular formula is C10H15NO3S2. The van der Waals surface area contributed by atoms with E-state index >= 15 is 0 Å². The number of hydrogen-bond acceptors (Lipinski definition) is 4. The minimum Gasteiger partial charge on any atom is -0.480 e. The van der Waals surface area contributed by atoms with E-state index in [1.54, 1.807) is 0 Å². The zero-order valence-corrected chi connectivity index (χ0v) is 10.8. The van der Waals surface area contributed by atoms with Crippen LogP contribution in [0, 0.1) is 0 Å². The Kier molecular flexibility index (Phi) is 5.21. The van der Waals surface area contributed by atoms with Crippen LogP contribution in [-0.2, 0) is 9.59 Å². The average Bonchev–Trinajstić information content (AvgIpc) is 2.46. The van der Waals surface area contributed by atoms with Gasteiger partial charge in [0.2, 0.25) is 5.91 Å². The van der Waals surface area contributed by atoms with Crippen molar-refractivity contribution in [3.63, 3.8) is 0 Å². The summed E-state index contributed by atoms with van der Waals surface area (Å²) in [6, 6.07) is 0. The predicted octanol–water partition coefficient (Wildman–Crippen LogP) is 1.88. The molecule has 0 bridgehead atoms. The second-order valence-corrected chi connectivity index (χ2v) is 5.52. The Morgan fingerprint density at radius 3 is 2.81 bits per heavy atom. The summed E-state index contributed by atoms with van der Waals surface area (Å²) in [7, 11) is 0. The molecule has 1 aliphatic heterocycles. The van der Waals surface area contributed by atoms with Gasteiger partial charge < -0.3 is 5.11 Å². The van der Waals surface area contributed by atoms with Crippen molar-refractivity contribution in [1.82, 2.24) is 4.90 Å². The van der Waals surface area contributed by atoms with Crippen molar-refractivity contribution in [2.45, 2.75) is 37.9 Å². The van der Waals surface area contributed by atoms with Crippen LogP contribution in [0.4, 0.5) is 0 Å². The van der Waals surface area contributed by atoms with Crippen molar-refractivity contribution in [3.8, 4) is 0 Å². The number of hydrogen-bond donors (Lipinski definition) is 1. The van der Waals surface area contributed by atoms with E-state index in [4.69, 9.17) is 17.3 Å². The predicted molar refractivity (Wildman–Crippen MR) is 67.5 cm³/mol. The summed E-state index contributed by atoms with van der Waals surface area (Å²) < 4.78 is 0.397. The Morgan fingerprint density at radius 2 is 2.25 bits per heavy atom. The number of carbonyl (C=O) groups excluding carboxylic acids is 1. The van der Waals surface area contributed by atoms with Crippen molar-refractivity contribution < 1.29 is 14.7 Å². The molecule has 1 N–H and O–H groups in total. The summed E-state index contributed by atoms with van der Waals surface area (Å²) in [5, 5.41) is 8.48. The van der Waals surface area contributed by atoms with E-state index in [-0.39, 0.29) is 17.7 Å². The van der Waals surface area contributed by atoms with Crippen molar-refractivity contribution in [3.05, 3.63) is 0 Å². The fourth-order valence-electron chi connectivity index (χ4n) is 1.54. The first-order valence-electron chi connectivity index (χ1n) is 5.30. The first kappa shape index (κ1) is 13.4. The molecule has 1 amide bonds. The molecule has 1 unspecified atom stereocenters. The lowest BCUT2D eigenvalue weighted by Crippen LogP contribution is -2.35. The quantitative estimate of drug-likeness (QED) is 0.584. The first-order chi connectivity index (χ1) is 7.56. The largest absolute Gasteiger partial charge is 0.480 e. The SMILES string of the molecule is CCCCCC1SC(=S)N(CC(=O)O)C1=O. The minimum atomic E-state index is -1.02. The highest BCUT2D eigenvalue weighted by atomic mass is 32.2. The molecule has 16 heavy (non-hydrogen) atoms. The van der Waals surface area contributed by atoms with Crippen LogP contribution in [0.5, 0.6) is 0 Å². The van der Waals surface area contributed by atoms with Crippen LogP contribution in [0.3, 0.4) is 0 Å². The topological polar surface area (TPSA) is 57.6 Å². The molecule has 4 nitrogen and oxygen atoms in total. The van der Waals surface area contributed by atoms with Gasteiger partial charge in [-0.15, -0.1) is 0 Å². The van der Waals surface area contributed by atoms with Crippen LogP contribution in [-0.4, -0.2) is 38.0 Å². The van der Waals surface area contributed by atoms with Gasteiger partial charge >= 0.3 is 5.97 Å². The number of amides is 1. The van der Waals surface area contributed by atoms with Crippen molar-refractivity contribution >= 4 is 40.2 Å². The van der Waals surface area contributed by atoms with E-state index in [9.17, 15) is 9.59 Å². The van der Waals surface area contributed by atoms with Crippen molar-refractivity contribution in [1.29, 1.82) is 0 Å². The van der Waals surface area contributed by atoms with Gasteiger partial charge in [-0.05, 0) is 6.42 Å². The van der Waals surface area contributed by atoms with Crippen LogP contribution < -0.4 is 0 Å². The summed E-state index contributed by atoms with van der Waals surface area (Å²) in [5.41, 5.74) is 0. The molecule has 0 saturated carbocycles. The van der Waals surface area contributed by atoms with E-state index < -0.39 is 5.97 Å². The third-order valence-electron chi connectivity index (χ3n) is 2.37. The van der Waals surface area contributed by atoms with Gasteiger partial charge in [-0.3, -0.25) is 14.5 Å². The zero-order valence-electron chi connectivity index (χ0n) is 9.14. The monoisotopic (exact) mass is 261 g/mol. The van der Waals surface area contributed by atoms with Gasteiger partial charge in [-0.25, -0.2) is 0 Å². The van der Waals surface area contributed by atoms with Crippen LogP contribution in [0.25, 0.3) is 0 Å². The Balaban J connectivity index is 2.49. The van der Waals surface area contributed by atoms with Crippen LogP contribution in [0.2, 0.25) is 0 Å². The van der Waals surface area contributed by atoms with E-state index in [2.05, 4.69) is 6.92 Å². The maximum absolute atomic E-state index is 11.8. The lowest BCUT2D eigenvalue weighted by atomic mass is 10.1. The number of aliphatic carboxylic acids is 1. The van der Waals surface area contributed by atoms with Crippen LogP contribution >= 0.6 is 24.0 Å². The normalized spacial score (nSPS) is 20.6. The number of rotatable bonds is 6. The van der Waals surface area contributed by atoms with Crippen LogP contribution in [0.15, 0.2) is 0 Å². The fourth-order valence-corrected chi connectivity index (χ4v) is 3.08. The van der Waals surface area contributed by atoms with Gasteiger partial charge in [0.15, 0.2) is 0 Å². The van der Waals surface area contributed by atoms with Gasteiger partial charge in [-0.2, -0.15) is 0 Å². The highest BCUT2D eigenvalue weighted by Crippen LogP contribution is 2.30. The summed E-state index contributed by atoms with van der Waals surface area (Å²) in [4.78, 5) is 23.5. The Bertz CT molecular complexity index is 306. The molecule has 0 aromatic carbocycles. The number of thiocarbonyl (C=S) groups is 1. The third kappa shape index (κ3) is 3.45. The lowest BCUT2D eigenvalue weighted by Gasteiger charge is -2.12. The molecule has 0 aromatic rings. The van der Waals surface area contributed by atoms with Gasteiger partial charge in [-0.1, -0.05) is 50.2 Å². The standard InChI is InChI=1S/C10H15NO3S2/c1-2-3-4-5-7-9(14)11(6-8(12)13)10(15)16-7/h7H,2-6H2,1H3,(H,12,13). The number of unbranched alkanes of at least 4 members (excludes halogenated alkanes) is 2. The fraction of sp³-hybridized carbons (Fsp3) is 0.700. The summed E-state index contributed by atoms with van der Waals surface area (Å²) >= 11 is 6.32. The number of carboxylic acids is 1. The van der Waals surface area contributed by atoms with E-state index in [1.807, 2.05) is 0 Å². The summed E-state index contributed by atoms with van der Waals surface area (Å²) in [5.74, 6) is -1.17. The second kappa shape index (κ2) is 6.20. The molecule has 1 fully saturated rings. The highest BCUT2D eigenvalue weighted by molar-refractivity contribution is 8.24. The van der Waals surface area contributed by atoms with Gasteiger partial charge in [0.05, 0.1) is 5.25 Å². The maximum Gasteiger partial charge on any atom is 0.323 e. The number of nitrogens with zero attached hydrogens (tertiary/aromatic N) is 1. The van der Waals surface area contributed by atoms with E-state index in [0.717, 1.165) is 25.7 Å². The second-order valence-electron chi connectivity index (χ2n) is 3.69. The number of thioether (sulfide) groups is 1. The van der Waals surface area contributed by atoms with E-state index in [0.29, 0.717) is 4.32 Å². The van der Waals surface area contributed by atoms with E-state index in [1.165, 1.54) is 16.7 Å². The van der Waals surface area contributed by atoms with Gasteiger partial charge in [0, 0.05) is 0 Å². The molecule has 0 aromatic heterocycles. The molecule has 1 rings (SSSR count). The van der Waals surface area contributed by atoms with Crippen molar-refractivity contribution in [2.75, 3.05) is 6.54 Å². The Morgan fingerprint density at radius 1 is 1.56 bits per heavy atom. The van der Waals surface area contributed by atoms with Crippen molar-refractivity contribution in [2.24, 2.45) is 0 Å². The highest BCUT2D eigenvalue weighted by Gasteiger charge is 2.37. The summed E-state index contributed by atoms with van der Waals surface area (Å²) in [6.45, 7) is 1.79. The average molecular weight is 261 g/mol. The molecule has 0 spiro atoms. The molecule has 6 heteroatoms. The molecule has 0 radical (unpaired) electrons. The molecule has 1 atom stereocenters. The third-order valence-corrected chi connectivity index (χ3v) is 4.02. The zero-order chi connectivity index (χ0) is 12.1. The lowest BCUT2D eigenvalue weighted by molar-refractivity contribution is -0.141. The van der Waals surface area contributed by atoms with Crippen LogP contribution in [0.1, 0.15) is 32.6 Å². The van der Waals surface area contributed by atoms with Gasteiger partial charge in [0.1, 0.15) is 10.9 Å². The first-order valence-corrected chi connectivity index (χ1v) is 6.58. The Hall–Kier alpha value is -0.620. The maximum atomic E-state index is 11.8. The number of carboxylic acid groups (broad SMARTS) is 1. The molecule has 1 heterocycles. The summed E-state index contributed by atoms with van der Waals surface area (Å²) in [6.07, 6.45) is 3.97. The molecule has 0 aliphatic carbocycles. The minimum absolute atomic E-state index is 0.145. The molecule has 1 saturated heterocycles. The Labute approximate surface area is 104 Å². The van der Waals surface area contributed by atoms with Gasteiger partial charge in [0.25, 0.3) is 0 Å².